The minimum atomic E-state index is -1.19. The molecule has 0 saturated carbocycles. The first-order valence-corrected chi connectivity index (χ1v) is 15.2. The number of amides is 1. The third-order valence-electron chi connectivity index (χ3n) is 7.31. The number of carbonyl (C=O) groups is 2. The summed E-state index contributed by atoms with van der Waals surface area (Å²) in [5, 5.41) is 16.6. The van der Waals surface area contributed by atoms with Crippen molar-refractivity contribution in [3.63, 3.8) is 0 Å². The van der Waals surface area contributed by atoms with Crippen LogP contribution in [0.4, 0.5) is 5.69 Å². The van der Waals surface area contributed by atoms with Crippen LogP contribution in [0.3, 0.4) is 0 Å². The van der Waals surface area contributed by atoms with Crippen molar-refractivity contribution < 1.29 is 24.2 Å². The predicted molar refractivity (Wildman–Crippen MR) is 171 cm³/mol. The summed E-state index contributed by atoms with van der Waals surface area (Å²) < 4.78 is 11.4. The van der Waals surface area contributed by atoms with E-state index in [1.54, 1.807) is 32.0 Å². The summed E-state index contributed by atoms with van der Waals surface area (Å²) in [6, 6.07) is 25.1. The van der Waals surface area contributed by atoms with Crippen LogP contribution in [0.2, 0.25) is 10.0 Å². The first-order chi connectivity index (χ1) is 20.8. The number of anilines is 1. The lowest BCUT2D eigenvalue weighted by Crippen LogP contribution is -2.42. The van der Waals surface area contributed by atoms with Crippen LogP contribution in [-0.4, -0.2) is 37.2 Å². The van der Waals surface area contributed by atoms with E-state index >= 15 is 0 Å². The zero-order valence-corrected chi connectivity index (χ0v) is 25.8. The van der Waals surface area contributed by atoms with E-state index in [0.29, 0.717) is 0 Å². The predicted octanol–water partition coefficient (Wildman–Crippen LogP) is 7.83. The van der Waals surface area contributed by atoms with E-state index in [9.17, 15) is 14.7 Å². The third kappa shape index (κ3) is 6.88. The second kappa shape index (κ2) is 13.6. The van der Waals surface area contributed by atoms with Crippen LogP contribution in [0.15, 0.2) is 89.8 Å². The Bertz CT molecular complexity index is 1590. The van der Waals surface area contributed by atoms with Crippen LogP contribution >= 0.6 is 35.0 Å². The van der Waals surface area contributed by atoms with Gasteiger partial charge in [0, 0.05) is 22.3 Å². The number of aliphatic carboxylic acids is 1. The molecule has 5 rings (SSSR count). The van der Waals surface area contributed by atoms with Gasteiger partial charge in [0.15, 0.2) is 0 Å². The smallest absolute Gasteiger partial charge is 0.326 e. The molecule has 0 aromatic heterocycles. The Hall–Kier alpha value is -3.85. The SMILES string of the molecule is COc1cccc(OC)c1C1CC(Sc2ccccc2)c2cc(CC(NC(=O)c3c(Cl)cccc3Cl)C(=O)O)ccc2N1. The molecule has 0 saturated heterocycles. The van der Waals surface area contributed by atoms with E-state index in [4.69, 9.17) is 32.7 Å². The molecule has 4 aromatic carbocycles. The Morgan fingerprint density at radius 2 is 1.60 bits per heavy atom. The van der Waals surface area contributed by atoms with E-state index in [-0.39, 0.29) is 33.3 Å². The minimum Gasteiger partial charge on any atom is -0.496 e. The lowest BCUT2D eigenvalue weighted by molar-refractivity contribution is -0.139. The summed E-state index contributed by atoms with van der Waals surface area (Å²) >= 11 is 14.1. The molecule has 7 nitrogen and oxygen atoms in total. The van der Waals surface area contributed by atoms with E-state index in [1.807, 2.05) is 54.6 Å². The molecule has 0 spiro atoms. The molecule has 3 N–H and O–H groups in total. The lowest BCUT2D eigenvalue weighted by atomic mass is 9.90. The fourth-order valence-electron chi connectivity index (χ4n) is 5.29. The number of hydrogen-bond donors (Lipinski definition) is 3. The number of fused-ring (bicyclic) bond motifs is 1. The number of benzene rings is 4. The molecule has 0 radical (unpaired) electrons. The molecular weight excluding hydrogens is 607 g/mol. The van der Waals surface area contributed by atoms with Crippen molar-refractivity contribution in [2.45, 2.75) is 35.1 Å². The molecule has 10 heteroatoms. The van der Waals surface area contributed by atoms with Crippen LogP contribution in [0.25, 0.3) is 0 Å². The van der Waals surface area contributed by atoms with Crippen LogP contribution in [0.5, 0.6) is 11.5 Å². The number of ether oxygens (including phenoxy) is 2. The highest BCUT2D eigenvalue weighted by Crippen LogP contribution is 2.51. The zero-order valence-electron chi connectivity index (χ0n) is 23.5. The van der Waals surface area contributed by atoms with Gasteiger partial charge in [-0.25, -0.2) is 4.79 Å². The van der Waals surface area contributed by atoms with Gasteiger partial charge in [-0.2, -0.15) is 0 Å². The maximum absolute atomic E-state index is 13.0. The van der Waals surface area contributed by atoms with Crippen LogP contribution in [-0.2, 0) is 11.2 Å². The molecule has 0 bridgehead atoms. The average Bonchev–Trinajstić information content (AvgIpc) is 3.00. The molecule has 1 amide bonds. The molecule has 0 aliphatic carbocycles. The Balaban J connectivity index is 1.46. The maximum Gasteiger partial charge on any atom is 0.326 e. The van der Waals surface area contributed by atoms with Gasteiger partial charge < -0.3 is 25.2 Å². The number of hydrogen-bond acceptors (Lipinski definition) is 6. The fraction of sp³-hybridized carbons (Fsp3) is 0.212. The largest absolute Gasteiger partial charge is 0.496 e. The molecule has 0 fully saturated rings. The van der Waals surface area contributed by atoms with Gasteiger partial charge in [-0.15, -0.1) is 11.8 Å². The maximum atomic E-state index is 13.0. The molecule has 4 aromatic rings. The molecule has 3 unspecified atom stereocenters. The molecule has 1 aliphatic heterocycles. The number of rotatable bonds is 10. The fourth-order valence-corrected chi connectivity index (χ4v) is 7.12. The highest BCUT2D eigenvalue weighted by atomic mass is 35.5. The summed E-state index contributed by atoms with van der Waals surface area (Å²) in [6.07, 6.45) is 0.791. The second-order valence-electron chi connectivity index (χ2n) is 10.0. The highest BCUT2D eigenvalue weighted by Gasteiger charge is 2.33. The van der Waals surface area contributed by atoms with Gasteiger partial charge in [-0.3, -0.25) is 4.79 Å². The van der Waals surface area contributed by atoms with Gasteiger partial charge in [0.1, 0.15) is 17.5 Å². The van der Waals surface area contributed by atoms with Crippen molar-refractivity contribution in [2.75, 3.05) is 19.5 Å². The molecule has 1 aliphatic rings. The van der Waals surface area contributed by atoms with Crippen molar-refractivity contribution in [1.29, 1.82) is 0 Å². The molecule has 43 heavy (non-hydrogen) atoms. The van der Waals surface area contributed by atoms with E-state index in [0.717, 1.165) is 45.2 Å². The van der Waals surface area contributed by atoms with E-state index in [2.05, 4.69) is 22.8 Å². The number of thioether (sulfide) groups is 1. The zero-order chi connectivity index (χ0) is 30.5. The summed E-state index contributed by atoms with van der Waals surface area (Å²) in [5.74, 6) is -0.335. The summed E-state index contributed by atoms with van der Waals surface area (Å²) in [6.45, 7) is 0. The third-order valence-corrected chi connectivity index (χ3v) is 9.22. The lowest BCUT2D eigenvalue weighted by Gasteiger charge is -2.35. The number of halogens is 2. The number of carboxylic acids is 1. The Morgan fingerprint density at radius 3 is 2.23 bits per heavy atom. The number of carboxylic acid groups (broad SMARTS) is 1. The van der Waals surface area contributed by atoms with Crippen molar-refractivity contribution in [2.24, 2.45) is 0 Å². The highest BCUT2D eigenvalue weighted by molar-refractivity contribution is 7.99. The first-order valence-electron chi connectivity index (χ1n) is 13.6. The van der Waals surface area contributed by atoms with Gasteiger partial charge in [-0.05, 0) is 60.0 Å². The van der Waals surface area contributed by atoms with Gasteiger partial charge in [0.25, 0.3) is 5.91 Å². The van der Waals surface area contributed by atoms with Crippen LogP contribution in [0, 0.1) is 0 Å². The summed E-state index contributed by atoms with van der Waals surface area (Å²) in [7, 11) is 3.30. The minimum absolute atomic E-state index is 0.0259. The summed E-state index contributed by atoms with van der Waals surface area (Å²) in [4.78, 5) is 26.3. The number of methoxy groups -OCH3 is 2. The van der Waals surface area contributed by atoms with E-state index in [1.165, 1.54) is 12.1 Å². The average molecular weight is 638 g/mol. The van der Waals surface area contributed by atoms with Crippen molar-refractivity contribution in [3.8, 4) is 11.5 Å². The van der Waals surface area contributed by atoms with Gasteiger partial charge in [-0.1, -0.05) is 65.7 Å². The quantitative estimate of drug-likeness (QED) is 0.163. The monoisotopic (exact) mass is 636 g/mol. The Labute approximate surface area is 264 Å². The number of carbonyl (C=O) groups excluding carboxylic acids is 1. The standard InChI is InChI=1S/C33H30Cl2N2O5S/c1-41-27-12-7-13-28(42-2)31(27)25-18-29(43-20-8-4-3-5-9-20)21-16-19(14-15-24(21)36-25)17-26(33(39)40)37-32(38)30-22(34)10-6-11-23(30)35/h3-16,25-26,29,36H,17-18H2,1-2H3,(H,37,38)(H,39,40). The molecule has 1 heterocycles. The van der Waals surface area contributed by atoms with Gasteiger partial charge in [0.05, 0.1) is 41.4 Å². The number of nitrogens with one attached hydrogen (secondary N) is 2. The van der Waals surface area contributed by atoms with Crippen molar-refractivity contribution in [1.82, 2.24) is 5.32 Å². The van der Waals surface area contributed by atoms with Crippen molar-refractivity contribution >= 4 is 52.5 Å². The van der Waals surface area contributed by atoms with Crippen LogP contribution in [0.1, 0.15) is 44.8 Å². The Kier molecular flexibility index (Phi) is 9.70. The molecular formula is C33H30Cl2N2O5S. The van der Waals surface area contributed by atoms with Crippen LogP contribution < -0.4 is 20.1 Å². The topological polar surface area (TPSA) is 96.9 Å². The molecule has 222 valence electrons. The van der Waals surface area contributed by atoms with Gasteiger partial charge >= 0.3 is 5.97 Å². The first kappa shape index (κ1) is 30.6. The normalized spacial score (nSPS) is 16.4. The molecule has 3 atom stereocenters. The van der Waals surface area contributed by atoms with Crippen molar-refractivity contribution in [3.05, 3.63) is 117 Å². The second-order valence-corrected chi connectivity index (χ2v) is 12.1. The van der Waals surface area contributed by atoms with Gasteiger partial charge in [0.2, 0.25) is 0 Å². The van der Waals surface area contributed by atoms with E-state index < -0.39 is 17.9 Å². The summed E-state index contributed by atoms with van der Waals surface area (Å²) in [5.41, 5.74) is 3.73. The Morgan fingerprint density at radius 1 is 0.953 bits per heavy atom.